The van der Waals surface area contributed by atoms with Gasteiger partial charge in [-0.05, 0) is 6.92 Å². The topological polar surface area (TPSA) is 40.1 Å². The van der Waals surface area contributed by atoms with Crippen molar-refractivity contribution in [3.63, 3.8) is 0 Å². The average Bonchev–Trinajstić information content (AvgIpc) is 1.61. The van der Waals surface area contributed by atoms with Crippen molar-refractivity contribution in [2.75, 3.05) is 0 Å². The second-order valence-corrected chi connectivity index (χ2v) is 1.15. The smallest absolute Gasteiger partial charge is 0.550 e. The van der Waals surface area contributed by atoms with Gasteiger partial charge >= 0.3 is 29.6 Å². The predicted octanol–water partition coefficient (Wildman–Crippen LogP) is -3.29. The fraction of sp³-hybridized carbons (Fsp3) is 0.400. The summed E-state index contributed by atoms with van der Waals surface area (Å²) in [6.45, 7) is 1.77. The molecule has 0 fully saturated rings. The molecule has 0 aliphatic rings. The Hall–Kier alpha value is 0.210. The Morgan fingerprint density at radius 2 is 2.25 bits per heavy atom. The third-order valence-corrected chi connectivity index (χ3v) is 0.520. The van der Waals surface area contributed by atoms with Crippen LogP contribution in [0.1, 0.15) is 13.3 Å². The summed E-state index contributed by atoms with van der Waals surface area (Å²) < 4.78 is 0. The Morgan fingerprint density at radius 1 is 1.75 bits per heavy atom. The molecule has 0 aromatic rings. The first-order chi connectivity index (χ1) is 3.27. The molecule has 0 rings (SSSR count). The van der Waals surface area contributed by atoms with Gasteiger partial charge in [0.2, 0.25) is 0 Å². The van der Waals surface area contributed by atoms with Gasteiger partial charge in [0.05, 0.1) is 0 Å². The zero-order valence-corrected chi connectivity index (χ0v) is 7.18. The molecule has 3 heteroatoms. The van der Waals surface area contributed by atoms with Crippen LogP contribution in [0.15, 0.2) is 12.2 Å². The summed E-state index contributed by atoms with van der Waals surface area (Å²) in [5.41, 5.74) is 0. The average molecular weight is 122 g/mol. The minimum atomic E-state index is -1.03. The number of aliphatic carboxylic acids is 1. The summed E-state index contributed by atoms with van der Waals surface area (Å²) in [5, 5.41) is 9.60. The molecule has 2 nitrogen and oxygen atoms in total. The Morgan fingerprint density at radius 3 is 2.38 bits per heavy atom. The van der Waals surface area contributed by atoms with Crippen LogP contribution in [0.4, 0.5) is 0 Å². The van der Waals surface area contributed by atoms with Crippen molar-refractivity contribution in [2.45, 2.75) is 13.3 Å². The minimum absolute atomic E-state index is 0. The van der Waals surface area contributed by atoms with Gasteiger partial charge in [-0.3, -0.25) is 0 Å². The van der Waals surface area contributed by atoms with E-state index >= 15 is 0 Å². The van der Waals surface area contributed by atoms with E-state index in [0.29, 0.717) is 0 Å². The van der Waals surface area contributed by atoms with Crippen LogP contribution in [0.3, 0.4) is 0 Å². The molecule has 0 bridgehead atoms. The van der Waals surface area contributed by atoms with Crippen molar-refractivity contribution in [3.8, 4) is 0 Å². The molecule has 0 amide bonds. The van der Waals surface area contributed by atoms with Gasteiger partial charge in [-0.1, -0.05) is 12.2 Å². The van der Waals surface area contributed by atoms with Gasteiger partial charge in [0, 0.05) is 12.4 Å². The molecule has 40 valence electrons. The van der Waals surface area contributed by atoms with Crippen molar-refractivity contribution >= 4 is 5.97 Å². The largest absolute Gasteiger partial charge is 1.00 e. The van der Waals surface area contributed by atoms with E-state index in [1.165, 1.54) is 6.08 Å². The Labute approximate surface area is 70.9 Å². The van der Waals surface area contributed by atoms with Gasteiger partial charge in [0.25, 0.3) is 0 Å². The van der Waals surface area contributed by atoms with Gasteiger partial charge in [0.1, 0.15) is 0 Å². The monoisotopic (exact) mass is 122 g/mol. The van der Waals surface area contributed by atoms with Gasteiger partial charge < -0.3 is 9.90 Å². The van der Waals surface area contributed by atoms with Gasteiger partial charge in [-0.2, -0.15) is 0 Å². The molecule has 8 heavy (non-hydrogen) atoms. The summed E-state index contributed by atoms with van der Waals surface area (Å²) in [5.74, 6) is -1.03. The van der Waals surface area contributed by atoms with Crippen molar-refractivity contribution in [2.24, 2.45) is 0 Å². The summed E-state index contributed by atoms with van der Waals surface area (Å²) in [4.78, 5) is 9.60. The second-order valence-electron chi connectivity index (χ2n) is 1.15. The van der Waals surface area contributed by atoms with E-state index in [1.54, 1.807) is 13.0 Å². The molecule has 0 saturated carbocycles. The molecular weight excluding hydrogens is 115 g/mol. The van der Waals surface area contributed by atoms with Crippen molar-refractivity contribution in [1.29, 1.82) is 0 Å². The van der Waals surface area contributed by atoms with Crippen molar-refractivity contribution < 1.29 is 39.5 Å². The fourth-order valence-electron chi connectivity index (χ4n) is 0.214. The van der Waals surface area contributed by atoms with Crippen LogP contribution in [0.25, 0.3) is 0 Å². The van der Waals surface area contributed by atoms with Crippen LogP contribution < -0.4 is 34.7 Å². The van der Waals surface area contributed by atoms with E-state index in [9.17, 15) is 9.90 Å². The number of rotatable bonds is 2. The maximum Gasteiger partial charge on any atom is 1.00 e. The molecule has 0 aromatic carbocycles. The fourth-order valence-corrected chi connectivity index (χ4v) is 0.214. The number of carboxylic acids is 1. The third kappa shape index (κ3) is 9.51. The van der Waals surface area contributed by atoms with Crippen LogP contribution in [-0.4, -0.2) is 5.97 Å². The van der Waals surface area contributed by atoms with E-state index in [4.69, 9.17) is 0 Å². The third-order valence-electron chi connectivity index (χ3n) is 0.520. The molecule has 0 aromatic heterocycles. The number of allylic oxidation sites excluding steroid dienone is 1. The SMILES string of the molecule is CC=CCC(=O)[O-].[Na+]. The molecule has 0 spiro atoms. The first-order valence-electron chi connectivity index (χ1n) is 2.08. The Bertz CT molecular complexity index is 88.4. The zero-order chi connectivity index (χ0) is 5.70. The molecule has 0 aliphatic heterocycles. The van der Waals surface area contributed by atoms with E-state index in [1.807, 2.05) is 0 Å². The number of carbonyl (C=O) groups excluding carboxylic acids is 1. The number of carbonyl (C=O) groups is 1. The van der Waals surface area contributed by atoms with Crippen LogP contribution in [-0.2, 0) is 4.79 Å². The van der Waals surface area contributed by atoms with Gasteiger partial charge in [0.15, 0.2) is 0 Å². The molecule has 0 unspecified atom stereocenters. The molecule has 0 N–H and O–H groups in total. The Kier molecular flexibility index (Phi) is 9.97. The number of hydrogen-bond donors (Lipinski definition) is 0. The van der Waals surface area contributed by atoms with Crippen molar-refractivity contribution in [3.05, 3.63) is 12.2 Å². The summed E-state index contributed by atoms with van der Waals surface area (Å²) >= 11 is 0. The molecular formula is C5H7NaO2. The van der Waals surface area contributed by atoms with Crippen LogP contribution in [0.2, 0.25) is 0 Å². The van der Waals surface area contributed by atoms with E-state index in [-0.39, 0.29) is 36.0 Å². The maximum absolute atomic E-state index is 9.60. The van der Waals surface area contributed by atoms with Crippen LogP contribution in [0.5, 0.6) is 0 Å². The van der Waals surface area contributed by atoms with E-state index in [0.717, 1.165) is 0 Å². The summed E-state index contributed by atoms with van der Waals surface area (Å²) in [7, 11) is 0. The first kappa shape index (κ1) is 11.1. The zero-order valence-electron chi connectivity index (χ0n) is 5.18. The molecule has 0 saturated heterocycles. The Balaban J connectivity index is 0. The maximum atomic E-state index is 9.60. The summed E-state index contributed by atoms with van der Waals surface area (Å²) in [6, 6.07) is 0. The number of carboxylic acid groups (broad SMARTS) is 1. The molecule has 0 atom stereocenters. The predicted molar refractivity (Wildman–Crippen MR) is 24.4 cm³/mol. The van der Waals surface area contributed by atoms with Gasteiger partial charge in [-0.15, -0.1) is 0 Å². The standard InChI is InChI=1S/C5H8O2.Na/c1-2-3-4-5(6)7;/h2-3H,4H2,1H3,(H,6,7);/q;+1/p-1. The normalized spacial score (nSPS) is 8.62. The van der Waals surface area contributed by atoms with Crippen molar-refractivity contribution in [1.82, 2.24) is 0 Å². The van der Waals surface area contributed by atoms with E-state index in [2.05, 4.69) is 0 Å². The first-order valence-corrected chi connectivity index (χ1v) is 2.08. The minimum Gasteiger partial charge on any atom is -0.550 e. The van der Waals surface area contributed by atoms with E-state index < -0.39 is 5.97 Å². The van der Waals surface area contributed by atoms with Gasteiger partial charge in [-0.25, -0.2) is 0 Å². The molecule has 0 radical (unpaired) electrons. The molecule has 0 heterocycles. The summed E-state index contributed by atoms with van der Waals surface area (Å²) in [6.07, 6.45) is 3.24. The second kappa shape index (κ2) is 7.21. The van der Waals surface area contributed by atoms with Crippen LogP contribution >= 0.6 is 0 Å². The quantitative estimate of drug-likeness (QED) is 0.284. The van der Waals surface area contributed by atoms with Crippen LogP contribution in [0, 0.1) is 0 Å². The molecule has 0 aliphatic carbocycles. The number of hydrogen-bond acceptors (Lipinski definition) is 2.